The van der Waals surface area contributed by atoms with Crippen molar-refractivity contribution in [1.82, 2.24) is 4.90 Å². The second kappa shape index (κ2) is 7.81. The Balaban J connectivity index is 1.69. The van der Waals surface area contributed by atoms with Gasteiger partial charge in [0.15, 0.2) is 0 Å². The van der Waals surface area contributed by atoms with E-state index in [1.165, 1.54) is 5.56 Å². The van der Waals surface area contributed by atoms with E-state index in [4.69, 9.17) is 0 Å². The smallest absolute Gasteiger partial charge is 0.238 e. The number of amides is 1. The summed E-state index contributed by atoms with van der Waals surface area (Å²) in [6, 6.07) is 14.8. The molecule has 0 spiro atoms. The van der Waals surface area contributed by atoms with E-state index < -0.39 is 0 Å². The van der Waals surface area contributed by atoms with Crippen LogP contribution in [-0.2, 0) is 4.79 Å². The molecule has 1 N–H and O–H groups in total. The molecule has 1 aliphatic heterocycles. The third-order valence-electron chi connectivity index (χ3n) is 4.35. The van der Waals surface area contributed by atoms with Crippen molar-refractivity contribution in [2.45, 2.75) is 25.8 Å². The number of carbonyl (C=O) groups is 1. The first-order valence-electron chi connectivity index (χ1n) is 8.09. The zero-order chi connectivity index (χ0) is 17.1. The Bertz CT molecular complexity index is 710. The van der Waals surface area contributed by atoms with E-state index in [0.29, 0.717) is 12.6 Å². The predicted molar refractivity (Wildman–Crippen MR) is 105 cm³/mol. The highest BCUT2D eigenvalue weighted by atomic mass is 79.9. The van der Waals surface area contributed by atoms with E-state index >= 15 is 0 Å². The number of halogens is 2. The average Bonchev–Trinajstić information content (AvgIpc) is 3.00. The first kappa shape index (κ1) is 17.6. The van der Waals surface area contributed by atoms with Crippen LogP contribution in [0.25, 0.3) is 0 Å². The first-order chi connectivity index (χ1) is 11.5. The van der Waals surface area contributed by atoms with Gasteiger partial charge in [-0.15, -0.1) is 0 Å². The minimum atomic E-state index is 0.0167. The summed E-state index contributed by atoms with van der Waals surface area (Å²) in [6.45, 7) is 3.39. The summed E-state index contributed by atoms with van der Waals surface area (Å²) in [5, 5.41) is 3.03. The summed E-state index contributed by atoms with van der Waals surface area (Å²) < 4.78 is 1.78. The second-order valence-corrected chi connectivity index (χ2v) is 7.90. The van der Waals surface area contributed by atoms with Crippen LogP contribution in [0.3, 0.4) is 0 Å². The summed E-state index contributed by atoms with van der Waals surface area (Å²) in [5.74, 6) is 0.0167. The number of anilines is 1. The molecule has 0 bridgehead atoms. The summed E-state index contributed by atoms with van der Waals surface area (Å²) in [6.07, 6.45) is 2.24. The van der Waals surface area contributed by atoms with E-state index in [-0.39, 0.29) is 5.91 Å². The number of rotatable bonds is 4. The quantitative estimate of drug-likeness (QED) is 0.684. The fourth-order valence-electron chi connectivity index (χ4n) is 3.25. The summed E-state index contributed by atoms with van der Waals surface area (Å²) in [4.78, 5) is 14.8. The lowest BCUT2D eigenvalue weighted by molar-refractivity contribution is -0.117. The topological polar surface area (TPSA) is 32.3 Å². The van der Waals surface area contributed by atoms with Crippen LogP contribution in [0, 0.1) is 6.92 Å². The van der Waals surface area contributed by atoms with E-state index in [9.17, 15) is 4.79 Å². The lowest BCUT2D eigenvalue weighted by Gasteiger charge is -2.24. The van der Waals surface area contributed by atoms with Gasteiger partial charge in [-0.1, -0.05) is 30.3 Å². The molecule has 0 radical (unpaired) electrons. The molecule has 0 saturated carbocycles. The van der Waals surface area contributed by atoms with Crippen LogP contribution >= 0.6 is 31.9 Å². The second-order valence-electron chi connectivity index (χ2n) is 6.19. The van der Waals surface area contributed by atoms with E-state index in [0.717, 1.165) is 39.6 Å². The number of likely N-dealkylation sites (tertiary alicyclic amines) is 1. The molecule has 126 valence electrons. The van der Waals surface area contributed by atoms with E-state index in [1.54, 1.807) is 0 Å². The minimum absolute atomic E-state index is 0.0167. The number of hydrogen-bond acceptors (Lipinski definition) is 2. The van der Waals surface area contributed by atoms with Crippen molar-refractivity contribution in [3.8, 4) is 0 Å². The van der Waals surface area contributed by atoms with Gasteiger partial charge in [0.1, 0.15) is 0 Å². The summed E-state index contributed by atoms with van der Waals surface area (Å²) in [5.41, 5.74) is 3.22. The lowest BCUT2D eigenvalue weighted by Crippen LogP contribution is -2.33. The highest BCUT2D eigenvalue weighted by Crippen LogP contribution is 2.34. The molecule has 0 aromatic heterocycles. The van der Waals surface area contributed by atoms with E-state index in [2.05, 4.69) is 66.3 Å². The van der Waals surface area contributed by atoms with Crippen LogP contribution in [-0.4, -0.2) is 23.9 Å². The first-order valence-corrected chi connectivity index (χ1v) is 9.67. The lowest BCUT2D eigenvalue weighted by atomic mass is 10.0. The van der Waals surface area contributed by atoms with Gasteiger partial charge in [0.25, 0.3) is 0 Å². The average molecular weight is 452 g/mol. The van der Waals surface area contributed by atoms with Crippen molar-refractivity contribution in [1.29, 1.82) is 0 Å². The fraction of sp³-hybridized carbons (Fsp3) is 0.316. The van der Waals surface area contributed by atoms with Crippen LogP contribution in [0.1, 0.15) is 30.0 Å². The third-order valence-corrected chi connectivity index (χ3v) is 5.60. The largest absolute Gasteiger partial charge is 0.323 e. The molecular weight excluding hydrogens is 432 g/mol. The number of nitrogens with zero attached hydrogens (tertiary/aromatic N) is 1. The van der Waals surface area contributed by atoms with E-state index in [1.807, 2.05) is 25.1 Å². The Labute approximate surface area is 159 Å². The van der Waals surface area contributed by atoms with Gasteiger partial charge < -0.3 is 5.32 Å². The van der Waals surface area contributed by atoms with Crippen molar-refractivity contribution >= 4 is 43.5 Å². The maximum Gasteiger partial charge on any atom is 0.238 e. The van der Waals surface area contributed by atoms with Gasteiger partial charge in [0.05, 0.1) is 12.2 Å². The molecule has 1 aliphatic rings. The molecule has 3 nitrogen and oxygen atoms in total. The van der Waals surface area contributed by atoms with Gasteiger partial charge in [0.2, 0.25) is 5.91 Å². The molecule has 2 aromatic rings. The maximum atomic E-state index is 12.5. The van der Waals surface area contributed by atoms with Crippen LogP contribution in [0.15, 0.2) is 51.4 Å². The Morgan fingerprint density at radius 3 is 2.54 bits per heavy atom. The molecule has 1 saturated heterocycles. The molecule has 3 rings (SSSR count). The number of nitrogens with one attached hydrogen (secondary N) is 1. The van der Waals surface area contributed by atoms with Crippen LogP contribution < -0.4 is 5.32 Å². The van der Waals surface area contributed by atoms with Crippen molar-refractivity contribution in [2.24, 2.45) is 0 Å². The SMILES string of the molecule is Cc1cc(Br)c(NC(=O)CN2CCCC2c2ccccc2)c(Br)c1. The van der Waals surface area contributed by atoms with Crippen molar-refractivity contribution in [3.05, 3.63) is 62.5 Å². The molecule has 2 aromatic carbocycles. The van der Waals surface area contributed by atoms with Gasteiger partial charge in [-0.2, -0.15) is 0 Å². The van der Waals surface area contributed by atoms with Gasteiger partial charge in [0, 0.05) is 15.0 Å². The zero-order valence-electron chi connectivity index (χ0n) is 13.6. The van der Waals surface area contributed by atoms with Gasteiger partial charge in [-0.3, -0.25) is 9.69 Å². The number of aryl methyl sites for hydroxylation is 1. The van der Waals surface area contributed by atoms with Crippen molar-refractivity contribution < 1.29 is 4.79 Å². The monoisotopic (exact) mass is 450 g/mol. The van der Waals surface area contributed by atoms with Gasteiger partial charge in [-0.25, -0.2) is 0 Å². The fourth-order valence-corrected chi connectivity index (χ4v) is 4.86. The summed E-state index contributed by atoms with van der Waals surface area (Å²) in [7, 11) is 0. The Kier molecular flexibility index (Phi) is 5.74. The number of benzene rings is 2. The maximum absolute atomic E-state index is 12.5. The zero-order valence-corrected chi connectivity index (χ0v) is 16.7. The third kappa shape index (κ3) is 4.08. The normalized spacial score (nSPS) is 17.9. The number of carbonyl (C=O) groups excluding carboxylic acids is 1. The Morgan fingerprint density at radius 1 is 1.21 bits per heavy atom. The summed E-state index contributed by atoms with van der Waals surface area (Å²) >= 11 is 7.06. The molecule has 1 atom stereocenters. The molecule has 1 unspecified atom stereocenters. The van der Waals surface area contributed by atoms with Crippen LogP contribution in [0.5, 0.6) is 0 Å². The molecule has 5 heteroatoms. The van der Waals surface area contributed by atoms with Crippen LogP contribution in [0.4, 0.5) is 5.69 Å². The Morgan fingerprint density at radius 2 is 1.88 bits per heavy atom. The van der Waals surface area contributed by atoms with Crippen molar-refractivity contribution in [3.63, 3.8) is 0 Å². The molecule has 1 amide bonds. The number of hydrogen-bond donors (Lipinski definition) is 1. The molecule has 24 heavy (non-hydrogen) atoms. The van der Waals surface area contributed by atoms with Gasteiger partial charge in [-0.05, 0) is 81.4 Å². The predicted octanol–water partition coefficient (Wildman–Crippen LogP) is 5.30. The molecule has 0 aliphatic carbocycles. The highest BCUT2D eigenvalue weighted by molar-refractivity contribution is 9.11. The molecular formula is C19H20Br2N2O. The molecule has 1 fully saturated rings. The Hall–Kier alpha value is -1.17. The standard InChI is InChI=1S/C19H20Br2N2O/c1-13-10-15(20)19(16(21)11-13)22-18(24)12-23-9-5-8-17(23)14-6-3-2-4-7-14/h2-4,6-7,10-11,17H,5,8-9,12H2,1H3,(H,22,24). The van der Waals surface area contributed by atoms with Crippen LogP contribution in [0.2, 0.25) is 0 Å². The van der Waals surface area contributed by atoms with Crippen molar-refractivity contribution in [2.75, 3.05) is 18.4 Å². The minimum Gasteiger partial charge on any atom is -0.323 e. The molecule has 1 heterocycles. The van der Waals surface area contributed by atoms with Gasteiger partial charge >= 0.3 is 0 Å². The highest BCUT2D eigenvalue weighted by Gasteiger charge is 2.27.